The number of rotatable bonds is 6. The van der Waals surface area contributed by atoms with Crippen molar-refractivity contribution in [2.45, 2.75) is 11.2 Å². The third kappa shape index (κ3) is 4.41. The lowest BCUT2D eigenvalue weighted by atomic mass is 10.0. The molecular formula is C22H20N4O2S. The van der Waals surface area contributed by atoms with Gasteiger partial charge in [-0.25, -0.2) is 15.0 Å². The summed E-state index contributed by atoms with van der Waals surface area (Å²) < 4.78 is 5.26. The molecule has 29 heavy (non-hydrogen) atoms. The smallest absolute Gasteiger partial charge is 0.252 e. The average molecular weight is 404 g/mol. The molecule has 1 amide bonds. The zero-order chi connectivity index (χ0) is 20.1. The number of carbonyl (C=O) groups excluding carboxylic acids is 1. The first-order valence-electron chi connectivity index (χ1n) is 9.14. The Bertz CT molecular complexity index is 994. The normalized spacial score (nSPS) is 15.6. The minimum atomic E-state index is -0.221. The predicted molar refractivity (Wildman–Crippen MR) is 113 cm³/mol. The summed E-state index contributed by atoms with van der Waals surface area (Å²) in [4.78, 5) is 21.4. The van der Waals surface area contributed by atoms with E-state index in [4.69, 9.17) is 4.74 Å². The molecule has 0 saturated carbocycles. The number of nitrogens with one attached hydrogen (secondary N) is 1. The summed E-state index contributed by atoms with van der Waals surface area (Å²) >= 11 is 1.32. The lowest BCUT2D eigenvalue weighted by Gasteiger charge is -2.25. The second-order valence-electron chi connectivity index (χ2n) is 6.36. The Balaban J connectivity index is 1.57. The highest BCUT2D eigenvalue weighted by atomic mass is 32.2. The molecule has 0 aliphatic carbocycles. The maximum absolute atomic E-state index is 13.0. The summed E-state index contributed by atoms with van der Waals surface area (Å²) in [6, 6.07) is 19.3. The number of nitrogens with zero attached hydrogens (tertiary/aromatic N) is 3. The Hall–Kier alpha value is -3.32. The number of amides is 1. The van der Waals surface area contributed by atoms with Crippen molar-refractivity contribution in [2.75, 3.05) is 12.9 Å². The minimum absolute atomic E-state index is 0.0505. The van der Waals surface area contributed by atoms with Gasteiger partial charge in [0.05, 0.1) is 24.6 Å². The molecule has 0 unspecified atom stereocenters. The van der Waals surface area contributed by atoms with Crippen molar-refractivity contribution in [3.63, 3.8) is 0 Å². The minimum Gasteiger partial charge on any atom is -0.497 e. The first-order chi connectivity index (χ1) is 14.2. The van der Waals surface area contributed by atoms with Crippen LogP contribution in [0.5, 0.6) is 5.75 Å². The fraction of sp³-hybridized carbons (Fsp3) is 0.136. The van der Waals surface area contributed by atoms with Crippen LogP contribution in [0.4, 0.5) is 0 Å². The monoisotopic (exact) mass is 404 g/mol. The molecule has 3 aromatic rings. The number of hydrazine groups is 1. The summed E-state index contributed by atoms with van der Waals surface area (Å²) in [7, 11) is 1.64. The molecule has 1 aromatic heterocycles. The third-order valence-electron chi connectivity index (χ3n) is 4.52. The van der Waals surface area contributed by atoms with Gasteiger partial charge in [-0.2, -0.15) is 0 Å². The van der Waals surface area contributed by atoms with Crippen molar-refractivity contribution in [2.24, 2.45) is 0 Å². The van der Waals surface area contributed by atoms with Crippen LogP contribution in [0.15, 0.2) is 84.3 Å². The maximum Gasteiger partial charge on any atom is 0.252 e. The molecule has 1 N–H and O–H groups in total. The zero-order valence-corrected chi connectivity index (χ0v) is 16.7. The Morgan fingerprint density at radius 2 is 1.79 bits per heavy atom. The molecule has 1 aliphatic rings. The van der Waals surface area contributed by atoms with Gasteiger partial charge in [-0.15, -0.1) is 0 Å². The summed E-state index contributed by atoms with van der Waals surface area (Å²) in [5.74, 6) is 0.964. The van der Waals surface area contributed by atoms with Gasteiger partial charge in [0.1, 0.15) is 5.75 Å². The molecule has 1 atom stereocenters. The lowest BCUT2D eigenvalue weighted by molar-refractivity contribution is -0.131. The Morgan fingerprint density at radius 3 is 2.48 bits per heavy atom. The summed E-state index contributed by atoms with van der Waals surface area (Å²) in [6.07, 6.45) is 5.41. The molecule has 146 valence electrons. The number of thioether (sulfide) groups is 1. The lowest BCUT2D eigenvalue weighted by Crippen LogP contribution is -2.40. The molecule has 1 aliphatic heterocycles. The van der Waals surface area contributed by atoms with Crippen LogP contribution >= 0.6 is 11.8 Å². The SMILES string of the molecule is COc1ccc([C@@H]2C=C(c3ccccc3)NN2C(=O)CSc2ncccn2)cc1. The van der Waals surface area contributed by atoms with Gasteiger partial charge in [-0.1, -0.05) is 54.2 Å². The fourth-order valence-electron chi connectivity index (χ4n) is 3.07. The molecule has 2 aromatic carbocycles. The standard InChI is InChI=1S/C22H20N4O2S/c1-28-18-10-8-17(9-11-18)20-14-19(16-6-3-2-4-7-16)25-26(20)21(27)15-29-22-23-12-5-13-24-22/h2-14,20,25H,15H2,1H3/t20-/m0/s1. The van der Waals surface area contributed by atoms with Gasteiger partial charge >= 0.3 is 0 Å². The van der Waals surface area contributed by atoms with Gasteiger partial charge in [0.2, 0.25) is 0 Å². The van der Waals surface area contributed by atoms with E-state index in [0.29, 0.717) is 5.16 Å². The predicted octanol–water partition coefficient (Wildman–Crippen LogP) is 3.71. The van der Waals surface area contributed by atoms with E-state index in [1.54, 1.807) is 30.6 Å². The first kappa shape index (κ1) is 19.0. The average Bonchev–Trinajstić information content (AvgIpc) is 3.24. The number of carbonyl (C=O) groups is 1. The van der Waals surface area contributed by atoms with Gasteiger partial charge in [0.25, 0.3) is 5.91 Å². The van der Waals surface area contributed by atoms with Crippen molar-refractivity contribution in [3.8, 4) is 5.75 Å². The molecule has 0 fully saturated rings. The molecule has 2 heterocycles. The van der Waals surface area contributed by atoms with E-state index >= 15 is 0 Å². The summed E-state index contributed by atoms with van der Waals surface area (Å²) in [5.41, 5.74) is 6.21. The van der Waals surface area contributed by atoms with Crippen LogP contribution < -0.4 is 10.2 Å². The van der Waals surface area contributed by atoms with E-state index in [0.717, 1.165) is 22.6 Å². The Kier molecular flexibility index (Phi) is 5.76. The van der Waals surface area contributed by atoms with Crippen LogP contribution in [0.3, 0.4) is 0 Å². The number of aromatic nitrogens is 2. The highest BCUT2D eigenvalue weighted by Crippen LogP contribution is 2.32. The van der Waals surface area contributed by atoms with Crippen LogP contribution in [0.25, 0.3) is 5.70 Å². The number of benzene rings is 2. The Labute approximate surface area is 173 Å². The van der Waals surface area contributed by atoms with Crippen molar-refractivity contribution < 1.29 is 9.53 Å². The molecular weight excluding hydrogens is 384 g/mol. The molecule has 4 rings (SSSR count). The quantitative estimate of drug-likeness (QED) is 0.499. The maximum atomic E-state index is 13.0. The van der Waals surface area contributed by atoms with Gasteiger partial charge in [0, 0.05) is 12.4 Å². The zero-order valence-electron chi connectivity index (χ0n) is 15.9. The molecule has 0 radical (unpaired) electrons. The topological polar surface area (TPSA) is 67.3 Å². The van der Waals surface area contributed by atoms with Crippen molar-refractivity contribution in [1.82, 2.24) is 20.4 Å². The van der Waals surface area contributed by atoms with Crippen LogP contribution in [0.2, 0.25) is 0 Å². The van der Waals surface area contributed by atoms with Crippen molar-refractivity contribution in [1.29, 1.82) is 0 Å². The highest BCUT2D eigenvalue weighted by molar-refractivity contribution is 7.99. The van der Waals surface area contributed by atoms with Gasteiger partial charge in [0.15, 0.2) is 5.16 Å². The van der Waals surface area contributed by atoms with Crippen LogP contribution in [0, 0.1) is 0 Å². The van der Waals surface area contributed by atoms with Gasteiger partial charge < -0.3 is 4.74 Å². The molecule has 0 bridgehead atoms. The number of ether oxygens (including phenoxy) is 1. The van der Waals surface area contributed by atoms with E-state index in [1.807, 2.05) is 54.6 Å². The molecule has 0 spiro atoms. The summed E-state index contributed by atoms with van der Waals surface area (Å²) in [5, 5.41) is 2.25. The third-order valence-corrected chi connectivity index (χ3v) is 5.38. The van der Waals surface area contributed by atoms with Crippen LogP contribution in [-0.2, 0) is 4.79 Å². The van der Waals surface area contributed by atoms with Gasteiger partial charge in [-0.3, -0.25) is 10.2 Å². The second kappa shape index (κ2) is 8.79. The van der Waals surface area contributed by atoms with Crippen LogP contribution in [-0.4, -0.2) is 33.7 Å². The number of hydrogen-bond donors (Lipinski definition) is 1. The highest BCUT2D eigenvalue weighted by Gasteiger charge is 2.30. The van der Waals surface area contributed by atoms with Crippen molar-refractivity contribution in [3.05, 3.63) is 90.3 Å². The fourth-order valence-corrected chi connectivity index (χ4v) is 3.73. The molecule has 0 saturated heterocycles. The van der Waals surface area contributed by atoms with Crippen molar-refractivity contribution >= 4 is 23.4 Å². The number of methoxy groups -OCH3 is 1. The van der Waals surface area contributed by atoms with E-state index in [1.165, 1.54) is 11.8 Å². The van der Waals surface area contributed by atoms with E-state index in [2.05, 4.69) is 21.5 Å². The van der Waals surface area contributed by atoms with E-state index in [9.17, 15) is 4.79 Å². The molecule has 7 heteroatoms. The Morgan fingerprint density at radius 1 is 1.07 bits per heavy atom. The van der Waals surface area contributed by atoms with Gasteiger partial charge in [-0.05, 0) is 35.4 Å². The largest absolute Gasteiger partial charge is 0.497 e. The summed E-state index contributed by atoms with van der Waals surface area (Å²) in [6.45, 7) is 0. The molecule has 6 nitrogen and oxygen atoms in total. The number of hydrogen-bond acceptors (Lipinski definition) is 6. The second-order valence-corrected chi connectivity index (χ2v) is 7.30. The van der Waals surface area contributed by atoms with Crippen LogP contribution in [0.1, 0.15) is 17.2 Å². The first-order valence-corrected chi connectivity index (χ1v) is 10.1. The van der Waals surface area contributed by atoms with E-state index < -0.39 is 0 Å². The van der Waals surface area contributed by atoms with E-state index in [-0.39, 0.29) is 17.7 Å².